The molecule has 2 aromatic carbocycles. The van der Waals surface area contributed by atoms with Gasteiger partial charge in [-0.05, 0) is 24.1 Å². The normalized spacial score (nSPS) is 10.5. The van der Waals surface area contributed by atoms with Crippen LogP contribution in [-0.4, -0.2) is 23.6 Å². The van der Waals surface area contributed by atoms with Crippen LogP contribution in [0.15, 0.2) is 54.6 Å². The topological polar surface area (TPSA) is 49.8 Å². The third-order valence-electron chi connectivity index (χ3n) is 3.38. The first-order chi connectivity index (χ1) is 10.4. The maximum absolute atomic E-state index is 4.55. The van der Waals surface area contributed by atoms with Gasteiger partial charge in [0.15, 0.2) is 0 Å². The molecule has 0 saturated heterocycles. The number of anilines is 2. The summed E-state index contributed by atoms with van der Waals surface area (Å²) in [6, 6.07) is 18.4. The lowest BCUT2D eigenvalue weighted by atomic mass is 10.1. The quantitative estimate of drug-likeness (QED) is 0.751. The van der Waals surface area contributed by atoms with Crippen molar-refractivity contribution in [1.82, 2.24) is 9.97 Å². The summed E-state index contributed by atoms with van der Waals surface area (Å²) >= 11 is 0. The minimum Gasteiger partial charge on any atom is -0.372 e. The predicted molar refractivity (Wildman–Crippen MR) is 87.7 cm³/mol. The van der Waals surface area contributed by atoms with Crippen LogP contribution in [0.1, 0.15) is 5.56 Å². The number of para-hydroxylation sites is 1. The molecule has 0 saturated carbocycles. The molecule has 0 unspecified atom stereocenters. The number of benzene rings is 2. The minimum atomic E-state index is 0.661. The molecule has 0 atom stereocenters. The molecule has 2 N–H and O–H groups in total. The Morgan fingerprint density at radius 2 is 1.67 bits per heavy atom. The second kappa shape index (κ2) is 6.22. The fourth-order valence-corrected chi connectivity index (χ4v) is 2.31. The molecule has 4 nitrogen and oxygen atoms in total. The maximum Gasteiger partial charge on any atom is 0.225 e. The van der Waals surface area contributed by atoms with Crippen molar-refractivity contribution in [3.8, 4) is 0 Å². The number of fused-ring (bicyclic) bond motifs is 1. The third-order valence-corrected chi connectivity index (χ3v) is 3.38. The highest BCUT2D eigenvalue weighted by atomic mass is 15.1. The molecule has 3 aromatic rings. The van der Waals surface area contributed by atoms with Crippen LogP contribution >= 0.6 is 0 Å². The molecule has 0 radical (unpaired) electrons. The summed E-state index contributed by atoms with van der Waals surface area (Å²) in [6.45, 7) is 0.811. The fraction of sp³-hybridized carbons (Fsp3) is 0.176. The molecular weight excluding hydrogens is 260 g/mol. The molecule has 106 valence electrons. The number of hydrogen-bond donors (Lipinski definition) is 2. The van der Waals surface area contributed by atoms with Crippen molar-refractivity contribution in [1.29, 1.82) is 0 Å². The lowest BCUT2D eigenvalue weighted by molar-refractivity contribution is 0.991. The summed E-state index contributed by atoms with van der Waals surface area (Å²) in [5, 5.41) is 7.46. The van der Waals surface area contributed by atoms with E-state index in [2.05, 4.69) is 44.9 Å². The van der Waals surface area contributed by atoms with Crippen LogP contribution in [0, 0.1) is 0 Å². The zero-order valence-electron chi connectivity index (χ0n) is 12.0. The standard InChI is InChI=1S/C17H18N4/c1-18-16-14-9-5-6-10-15(14)20-17(21-16)19-12-11-13-7-3-2-4-8-13/h2-10H,11-12H2,1H3,(H2,18,19,20,21). The van der Waals surface area contributed by atoms with E-state index in [4.69, 9.17) is 0 Å². The van der Waals surface area contributed by atoms with Gasteiger partial charge in [0.05, 0.1) is 5.52 Å². The number of nitrogens with zero attached hydrogens (tertiary/aromatic N) is 2. The molecule has 1 heterocycles. The van der Waals surface area contributed by atoms with Gasteiger partial charge in [0.2, 0.25) is 5.95 Å². The third kappa shape index (κ3) is 3.11. The van der Waals surface area contributed by atoms with Crippen molar-refractivity contribution in [3.63, 3.8) is 0 Å². The number of hydrogen-bond acceptors (Lipinski definition) is 4. The van der Waals surface area contributed by atoms with Crippen LogP contribution in [0.2, 0.25) is 0 Å². The molecule has 3 rings (SSSR count). The van der Waals surface area contributed by atoms with Crippen LogP contribution in [0.5, 0.6) is 0 Å². The highest BCUT2D eigenvalue weighted by Crippen LogP contribution is 2.21. The van der Waals surface area contributed by atoms with Gasteiger partial charge in [-0.15, -0.1) is 0 Å². The number of rotatable bonds is 5. The second-order valence-corrected chi connectivity index (χ2v) is 4.83. The molecule has 0 spiro atoms. The first-order valence-corrected chi connectivity index (χ1v) is 7.09. The van der Waals surface area contributed by atoms with Gasteiger partial charge in [-0.25, -0.2) is 4.98 Å². The van der Waals surface area contributed by atoms with Gasteiger partial charge in [0.25, 0.3) is 0 Å². The Bertz CT molecular complexity index is 725. The summed E-state index contributed by atoms with van der Waals surface area (Å²) in [5.41, 5.74) is 2.25. The Labute approximate surface area is 124 Å². The smallest absolute Gasteiger partial charge is 0.225 e. The lowest BCUT2D eigenvalue weighted by Gasteiger charge is -2.09. The second-order valence-electron chi connectivity index (χ2n) is 4.83. The van der Waals surface area contributed by atoms with Crippen LogP contribution < -0.4 is 10.6 Å². The zero-order valence-corrected chi connectivity index (χ0v) is 12.0. The van der Waals surface area contributed by atoms with E-state index < -0.39 is 0 Å². The van der Waals surface area contributed by atoms with E-state index in [-0.39, 0.29) is 0 Å². The van der Waals surface area contributed by atoms with E-state index in [9.17, 15) is 0 Å². The summed E-state index contributed by atoms with van der Waals surface area (Å²) in [6.07, 6.45) is 0.950. The molecule has 0 aliphatic heterocycles. The molecule has 0 aliphatic carbocycles. The average Bonchev–Trinajstić information content (AvgIpc) is 2.55. The lowest BCUT2D eigenvalue weighted by Crippen LogP contribution is -2.09. The molecule has 21 heavy (non-hydrogen) atoms. The van der Waals surface area contributed by atoms with Crippen LogP contribution in [0.25, 0.3) is 10.9 Å². The minimum absolute atomic E-state index is 0.661. The van der Waals surface area contributed by atoms with E-state index >= 15 is 0 Å². The highest BCUT2D eigenvalue weighted by molar-refractivity contribution is 5.89. The summed E-state index contributed by atoms with van der Waals surface area (Å²) < 4.78 is 0. The largest absolute Gasteiger partial charge is 0.372 e. The van der Waals surface area contributed by atoms with E-state index in [1.807, 2.05) is 37.4 Å². The fourth-order valence-electron chi connectivity index (χ4n) is 2.31. The molecule has 0 amide bonds. The first-order valence-electron chi connectivity index (χ1n) is 7.09. The van der Waals surface area contributed by atoms with Crippen molar-refractivity contribution in [2.75, 3.05) is 24.2 Å². The van der Waals surface area contributed by atoms with Gasteiger partial charge in [-0.1, -0.05) is 42.5 Å². The molecule has 0 bridgehead atoms. The number of aromatic nitrogens is 2. The van der Waals surface area contributed by atoms with Gasteiger partial charge in [0.1, 0.15) is 5.82 Å². The Balaban J connectivity index is 1.75. The van der Waals surface area contributed by atoms with E-state index in [1.165, 1.54) is 5.56 Å². The molecule has 4 heteroatoms. The Hall–Kier alpha value is -2.62. The van der Waals surface area contributed by atoms with Gasteiger partial charge < -0.3 is 10.6 Å². The van der Waals surface area contributed by atoms with Gasteiger partial charge in [-0.2, -0.15) is 4.98 Å². The molecule has 1 aromatic heterocycles. The van der Waals surface area contributed by atoms with E-state index in [0.717, 1.165) is 29.7 Å². The van der Waals surface area contributed by atoms with E-state index in [0.29, 0.717) is 5.95 Å². The van der Waals surface area contributed by atoms with Crippen molar-refractivity contribution >= 4 is 22.7 Å². The molecule has 0 aliphatic rings. The van der Waals surface area contributed by atoms with Crippen molar-refractivity contribution < 1.29 is 0 Å². The monoisotopic (exact) mass is 278 g/mol. The predicted octanol–water partition coefficient (Wildman–Crippen LogP) is 3.33. The van der Waals surface area contributed by atoms with Crippen molar-refractivity contribution in [2.24, 2.45) is 0 Å². The molecular formula is C17H18N4. The Kier molecular flexibility index (Phi) is 3.96. The Morgan fingerprint density at radius 3 is 2.48 bits per heavy atom. The maximum atomic E-state index is 4.55. The van der Waals surface area contributed by atoms with E-state index in [1.54, 1.807) is 0 Å². The summed E-state index contributed by atoms with van der Waals surface area (Å²) in [5.74, 6) is 1.51. The zero-order chi connectivity index (χ0) is 14.5. The average molecular weight is 278 g/mol. The highest BCUT2D eigenvalue weighted by Gasteiger charge is 2.05. The summed E-state index contributed by atoms with van der Waals surface area (Å²) in [4.78, 5) is 9.07. The van der Waals surface area contributed by atoms with Crippen LogP contribution in [0.4, 0.5) is 11.8 Å². The van der Waals surface area contributed by atoms with Crippen molar-refractivity contribution in [3.05, 3.63) is 60.2 Å². The Morgan fingerprint density at radius 1 is 0.905 bits per heavy atom. The van der Waals surface area contributed by atoms with Gasteiger partial charge in [-0.3, -0.25) is 0 Å². The SMILES string of the molecule is CNc1nc(NCCc2ccccc2)nc2ccccc12. The van der Waals surface area contributed by atoms with Gasteiger partial charge in [0, 0.05) is 19.0 Å². The summed E-state index contributed by atoms with van der Waals surface area (Å²) in [7, 11) is 1.88. The van der Waals surface area contributed by atoms with Crippen LogP contribution in [-0.2, 0) is 6.42 Å². The number of nitrogens with one attached hydrogen (secondary N) is 2. The van der Waals surface area contributed by atoms with Gasteiger partial charge >= 0.3 is 0 Å². The first kappa shape index (κ1) is 13.4. The molecule has 0 fully saturated rings. The van der Waals surface area contributed by atoms with Crippen molar-refractivity contribution in [2.45, 2.75) is 6.42 Å². The van der Waals surface area contributed by atoms with Crippen LogP contribution in [0.3, 0.4) is 0 Å².